The molecule has 3 rings (SSSR count). The number of aromatic amines is 1. The average Bonchev–Trinajstić information content (AvgIpc) is 2.67. The molecule has 0 saturated heterocycles. The van der Waals surface area contributed by atoms with Crippen LogP contribution in [0.2, 0.25) is 0 Å². The van der Waals surface area contributed by atoms with Crippen molar-refractivity contribution in [2.45, 2.75) is 32.2 Å². The van der Waals surface area contributed by atoms with Crippen LogP contribution in [0.5, 0.6) is 0 Å². The molecular weight excluding hydrogens is 402 g/mol. The zero-order valence-electron chi connectivity index (χ0n) is 17.2. The summed E-state index contributed by atoms with van der Waals surface area (Å²) in [6.07, 6.45) is 0. The van der Waals surface area contributed by atoms with E-state index < -0.39 is 10.0 Å². The van der Waals surface area contributed by atoms with Crippen LogP contribution < -0.4 is 10.9 Å². The van der Waals surface area contributed by atoms with E-state index in [-0.39, 0.29) is 35.4 Å². The zero-order chi connectivity index (χ0) is 21.9. The van der Waals surface area contributed by atoms with Crippen LogP contribution >= 0.6 is 0 Å². The fraction of sp³-hybridized carbons (Fsp3) is 0.273. The van der Waals surface area contributed by atoms with Crippen molar-refractivity contribution < 1.29 is 13.2 Å². The topological polar surface area (TPSA) is 99.3 Å². The van der Waals surface area contributed by atoms with Gasteiger partial charge in [0.05, 0.1) is 4.90 Å². The summed E-state index contributed by atoms with van der Waals surface area (Å²) in [6, 6.07) is 15.1. The molecule has 0 fully saturated rings. The Hall–Kier alpha value is -2.97. The number of carbonyl (C=O) groups excluding carboxylic acids is 1. The maximum Gasteiger partial charge on any atom is 0.252 e. The molecule has 2 N–H and O–H groups in total. The molecule has 1 aromatic heterocycles. The molecule has 0 aliphatic carbocycles. The predicted octanol–water partition coefficient (Wildman–Crippen LogP) is 3.33. The highest BCUT2D eigenvalue weighted by Gasteiger charge is 2.26. The highest BCUT2D eigenvalue weighted by atomic mass is 32.2. The summed E-state index contributed by atoms with van der Waals surface area (Å²) in [7, 11) is -3.84. The number of nitrogens with one attached hydrogen (secondary N) is 2. The lowest BCUT2D eigenvalue weighted by Gasteiger charge is -2.24. The number of hydrogen-bond donors (Lipinski definition) is 2. The smallest absolute Gasteiger partial charge is 0.252 e. The van der Waals surface area contributed by atoms with E-state index in [0.29, 0.717) is 16.8 Å². The van der Waals surface area contributed by atoms with E-state index in [9.17, 15) is 18.0 Å². The van der Waals surface area contributed by atoms with E-state index in [0.717, 1.165) is 5.39 Å². The highest BCUT2D eigenvalue weighted by Crippen LogP contribution is 2.22. The Balaban J connectivity index is 1.96. The number of rotatable bonds is 7. The minimum Gasteiger partial charge on any atom is -0.326 e. The van der Waals surface area contributed by atoms with Gasteiger partial charge in [0.2, 0.25) is 15.9 Å². The molecule has 0 radical (unpaired) electrons. The molecule has 0 saturated carbocycles. The van der Waals surface area contributed by atoms with Crippen LogP contribution in [-0.2, 0) is 21.4 Å². The summed E-state index contributed by atoms with van der Waals surface area (Å²) in [4.78, 5) is 26.7. The number of H-pyrrole nitrogens is 1. The van der Waals surface area contributed by atoms with Gasteiger partial charge >= 0.3 is 0 Å². The van der Waals surface area contributed by atoms with Crippen molar-refractivity contribution in [3.05, 3.63) is 70.5 Å². The first-order valence-electron chi connectivity index (χ1n) is 9.65. The average molecular weight is 428 g/mol. The zero-order valence-corrected chi connectivity index (χ0v) is 18.0. The van der Waals surface area contributed by atoms with Crippen molar-refractivity contribution in [3.8, 4) is 0 Å². The van der Waals surface area contributed by atoms with Crippen LogP contribution in [0.3, 0.4) is 0 Å². The largest absolute Gasteiger partial charge is 0.326 e. The number of fused-ring (bicyclic) bond motifs is 1. The van der Waals surface area contributed by atoms with Gasteiger partial charge in [0.15, 0.2) is 0 Å². The number of anilines is 1. The number of hydrogen-bond acceptors (Lipinski definition) is 4. The first-order valence-corrected chi connectivity index (χ1v) is 11.1. The fourth-order valence-electron chi connectivity index (χ4n) is 3.22. The van der Waals surface area contributed by atoms with Crippen LogP contribution in [0.4, 0.5) is 5.69 Å². The molecule has 158 valence electrons. The van der Waals surface area contributed by atoms with Gasteiger partial charge in [0.1, 0.15) is 0 Å². The highest BCUT2D eigenvalue weighted by molar-refractivity contribution is 7.89. The third kappa shape index (κ3) is 4.95. The normalized spacial score (nSPS) is 11.9. The summed E-state index contributed by atoms with van der Waals surface area (Å²) < 4.78 is 27.9. The molecule has 3 aromatic rings. The minimum absolute atomic E-state index is 0.0336. The number of benzene rings is 2. The van der Waals surface area contributed by atoms with Gasteiger partial charge in [-0.3, -0.25) is 9.59 Å². The van der Waals surface area contributed by atoms with Gasteiger partial charge in [-0.2, -0.15) is 4.31 Å². The van der Waals surface area contributed by atoms with E-state index >= 15 is 0 Å². The number of carbonyl (C=O) groups is 1. The van der Waals surface area contributed by atoms with Crippen LogP contribution in [0, 0.1) is 5.92 Å². The van der Waals surface area contributed by atoms with Crippen molar-refractivity contribution in [2.24, 2.45) is 5.92 Å². The van der Waals surface area contributed by atoms with E-state index in [1.807, 2.05) is 32.0 Å². The number of aromatic nitrogens is 1. The molecule has 0 aliphatic heterocycles. The van der Waals surface area contributed by atoms with Crippen LogP contribution in [0.25, 0.3) is 10.9 Å². The van der Waals surface area contributed by atoms with Gasteiger partial charge in [-0.05, 0) is 47.7 Å². The fourth-order valence-corrected chi connectivity index (χ4v) is 4.80. The van der Waals surface area contributed by atoms with E-state index in [1.165, 1.54) is 23.4 Å². The Morgan fingerprint density at radius 3 is 2.40 bits per heavy atom. The second-order valence-electron chi connectivity index (χ2n) is 7.61. The van der Waals surface area contributed by atoms with Crippen LogP contribution in [-0.4, -0.2) is 30.2 Å². The second-order valence-corrected chi connectivity index (χ2v) is 9.55. The van der Waals surface area contributed by atoms with Crippen molar-refractivity contribution in [1.82, 2.24) is 9.29 Å². The number of sulfonamides is 1. The van der Waals surface area contributed by atoms with Gasteiger partial charge in [0, 0.05) is 36.8 Å². The monoisotopic (exact) mass is 427 g/mol. The SMILES string of the molecule is CC(=O)Nc1ccc(S(=O)(=O)N(Cc2cc3ccccc3[nH]c2=O)CC(C)C)cc1. The first kappa shape index (κ1) is 21.7. The van der Waals surface area contributed by atoms with Crippen molar-refractivity contribution in [1.29, 1.82) is 0 Å². The third-order valence-electron chi connectivity index (χ3n) is 4.56. The molecule has 30 heavy (non-hydrogen) atoms. The van der Waals surface area contributed by atoms with Gasteiger partial charge in [0.25, 0.3) is 5.56 Å². The Labute approximate surface area is 175 Å². The van der Waals surface area contributed by atoms with Gasteiger partial charge in [-0.1, -0.05) is 32.0 Å². The Bertz CT molecular complexity index is 1220. The molecule has 0 unspecified atom stereocenters. The molecule has 1 heterocycles. The summed E-state index contributed by atoms with van der Waals surface area (Å²) in [5.74, 6) is -0.166. The van der Waals surface area contributed by atoms with Gasteiger partial charge in [-0.25, -0.2) is 8.42 Å². The quantitative estimate of drug-likeness (QED) is 0.604. The van der Waals surface area contributed by atoms with Crippen LogP contribution in [0.15, 0.2) is 64.3 Å². The van der Waals surface area contributed by atoms with Crippen molar-refractivity contribution >= 4 is 32.5 Å². The summed E-state index contributed by atoms with van der Waals surface area (Å²) in [5.41, 5.74) is 1.30. The van der Waals surface area contributed by atoms with Gasteiger partial charge in [-0.15, -0.1) is 0 Å². The maximum absolute atomic E-state index is 13.3. The lowest BCUT2D eigenvalue weighted by molar-refractivity contribution is -0.114. The van der Waals surface area contributed by atoms with Crippen molar-refractivity contribution in [2.75, 3.05) is 11.9 Å². The lowest BCUT2D eigenvalue weighted by Crippen LogP contribution is -2.35. The molecule has 7 nitrogen and oxygen atoms in total. The maximum atomic E-state index is 13.3. The van der Waals surface area contributed by atoms with E-state index in [1.54, 1.807) is 24.3 Å². The van der Waals surface area contributed by atoms with Crippen molar-refractivity contribution in [3.63, 3.8) is 0 Å². The number of amides is 1. The Morgan fingerprint density at radius 2 is 1.77 bits per heavy atom. The lowest BCUT2D eigenvalue weighted by atomic mass is 10.1. The predicted molar refractivity (Wildman–Crippen MR) is 118 cm³/mol. The summed E-state index contributed by atoms with van der Waals surface area (Å²) in [6.45, 7) is 5.46. The Kier molecular flexibility index (Phi) is 6.38. The van der Waals surface area contributed by atoms with Crippen LogP contribution in [0.1, 0.15) is 26.3 Å². The molecule has 8 heteroatoms. The van der Waals surface area contributed by atoms with Gasteiger partial charge < -0.3 is 10.3 Å². The third-order valence-corrected chi connectivity index (χ3v) is 6.38. The molecule has 0 bridgehead atoms. The molecular formula is C22H25N3O4S. The molecule has 1 amide bonds. The number of para-hydroxylation sites is 1. The summed E-state index contributed by atoms with van der Waals surface area (Å²) >= 11 is 0. The Morgan fingerprint density at radius 1 is 1.10 bits per heavy atom. The first-order chi connectivity index (χ1) is 14.2. The molecule has 0 aliphatic rings. The molecule has 2 aromatic carbocycles. The summed E-state index contributed by atoms with van der Waals surface area (Å²) in [5, 5.41) is 3.46. The standard InChI is InChI=1S/C22H25N3O4S/c1-15(2)13-25(14-18-12-17-6-4-5-7-21(17)24-22(18)27)30(28,29)20-10-8-19(9-11-20)23-16(3)26/h4-12,15H,13-14H2,1-3H3,(H,23,26)(H,24,27). The minimum atomic E-state index is -3.84. The van der Waals surface area contributed by atoms with E-state index in [4.69, 9.17) is 0 Å². The molecule has 0 atom stereocenters. The number of nitrogens with zero attached hydrogens (tertiary/aromatic N) is 1. The molecule has 0 spiro atoms. The second kappa shape index (κ2) is 8.81. The number of pyridine rings is 1. The van der Waals surface area contributed by atoms with E-state index in [2.05, 4.69) is 10.3 Å².